The lowest BCUT2D eigenvalue weighted by molar-refractivity contribution is 0.608. The van der Waals surface area contributed by atoms with Crippen molar-refractivity contribution in [1.29, 1.82) is 0 Å². The topological polar surface area (TPSA) is 29.9 Å². The summed E-state index contributed by atoms with van der Waals surface area (Å²) in [6.45, 7) is 4.46. The van der Waals surface area contributed by atoms with E-state index in [2.05, 4.69) is 24.3 Å². The summed E-state index contributed by atoms with van der Waals surface area (Å²) in [5, 5.41) is 7.57. The molecule has 1 unspecified atom stereocenters. The van der Waals surface area contributed by atoms with Crippen molar-refractivity contribution in [3.8, 4) is 0 Å². The molecular formula is C11H21N3. The van der Waals surface area contributed by atoms with Gasteiger partial charge in [-0.15, -0.1) is 0 Å². The van der Waals surface area contributed by atoms with Crippen molar-refractivity contribution in [2.24, 2.45) is 7.05 Å². The maximum absolute atomic E-state index is 4.12. The first kappa shape index (κ1) is 11.1. The van der Waals surface area contributed by atoms with Crippen LogP contribution in [0, 0.1) is 0 Å². The molecule has 1 atom stereocenters. The fourth-order valence-electron chi connectivity index (χ4n) is 1.54. The molecule has 1 aromatic rings. The predicted molar refractivity (Wildman–Crippen MR) is 60.4 cm³/mol. The smallest absolute Gasteiger partial charge is 0.124 e. The lowest BCUT2D eigenvalue weighted by Gasteiger charge is -2.14. The van der Waals surface area contributed by atoms with Gasteiger partial charge in [-0.1, -0.05) is 26.2 Å². The second-order valence-corrected chi connectivity index (χ2v) is 3.88. The first-order chi connectivity index (χ1) is 6.74. The molecule has 80 valence electrons. The number of aryl methyl sites for hydroxylation is 1. The molecule has 0 radical (unpaired) electrons. The highest BCUT2D eigenvalue weighted by molar-refractivity contribution is 5.34. The number of anilines is 1. The fraction of sp³-hybridized carbons (Fsp3) is 0.727. The van der Waals surface area contributed by atoms with Gasteiger partial charge in [0.05, 0.1) is 6.20 Å². The Morgan fingerprint density at radius 2 is 2.29 bits per heavy atom. The highest BCUT2D eigenvalue weighted by Gasteiger charge is 2.03. The zero-order valence-corrected chi connectivity index (χ0v) is 9.45. The number of unbranched alkanes of at least 4 members (excludes halogenated alkanes) is 2. The third-order valence-electron chi connectivity index (χ3n) is 2.46. The number of nitrogens with zero attached hydrogens (tertiary/aromatic N) is 2. The van der Waals surface area contributed by atoms with Crippen molar-refractivity contribution >= 4 is 5.82 Å². The summed E-state index contributed by atoms with van der Waals surface area (Å²) < 4.78 is 1.87. The van der Waals surface area contributed by atoms with E-state index in [0.29, 0.717) is 6.04 Å². The standard InChI is InChI=1S/C11H21N3/c1-4-5-6-7-10(2)13-11-8-9-12-14(11)3/h8-10,13H,4-7H2,1-3H3. The molecule has 0 saturated heterocycles. The molecule has 14 heavy (non-hydrogen) atoms. The maximum Gasteiger partial charge on any atom is 0.124 e. The molecule has 1 rings (SSSR count). The Labute approximate surface area is 86.5 Å². The van der Waals surface area contributed by atoms with E-state index in [1.54, 1.807) is 0 Å². The quantitative estimate of drug-likeness (QED) is 0.707. The number of hydrogen-bond donors (Lipinski definition) is 1. The van der Waals surface area contributed by atoms with Gasteiger partial charge in [-0.05, 0) is 13.3 Å². The molecule has 1 aromatic heterocycles. The van der Waals surface area contributed by atoms with Gasteiger partial charge >= 0.3 is 0 Å². The number of rotatable bonds is 6. The Bertz CT molecular complexity index is 255. The van der Waals surface area contributed by atoms with Gasteiger partial charge in [0.2, 0.25) is 0 Å². The summed E-state index contributed by atoms with van der Waals surface area (Å²) in [6, 6.07) is 2.55. The molecule has 0 fully saturated rings. The van der Waals surface area contributed by atoms with Crippen LogP contribution < -0.4 is 5.32 Å². The van der Waals surface area contributed by atoms with Crippen molar-refractivity contribution < 1.29 is 0 Å². The van der Waals surface area contributed by atoms with Gasteiger partial charge in [0.1, 0.15) is 5.82 Å². The molecule has 1 heterocycles. The van der Waals surface area contributed by atoms with E-state index in [4.69, 9.17) is 0 Å². The van der Waals surface area contributed by atoms with Gasteiger partial charge in [0, 0.05) is 19.2 Å². The number of nitrogens with one attached hydrogen (secondary N) is 1. The third kappa shape index (κ3) is 3.40. The van der Waals surface area contributed by atoms with E-state index in [1.165, 1.54) is 25.7 Å². The van der Waals surface area contributed by atoms with Crippen LogP contribution in [0.15, 0.2) is 12.3 Å². The van der Waals surface area contributed by atoms with Crippen molar-refractivity contribution in [3.05, 3.63) is 12.3 Å². The zero-order valence-electron chi connectivity index (χ0n) is 9.45. The Balaban J connectivity index is 2.27. The summed E-state index contributed by atoms with van der Waals surface area (Å²) in [7, 11) is 1.96. The van der Waals surface area contributed by atoms with Crippen LogP contribution in [0.3, 0.4) is 0 Å². The molecule has 0 aliphatic rings. The lowest BCUT2D eigenvalue weighted by atomic mass is 10.1. The van der Waals surface area contributed by atoms with E-state index in [-0.39, 0.29) is 0 Å². The molecular weight excluding hydrogens is 174 g/mol. The third-order valence-corrected chi connectivity index (χ3v) is 2.46. The normalized spacial score (nSPS) is 12.8. The SMILES string of the molecule is CCCCCC(C)Nc1ccnn1C. The van der Waals surface area contributed by atoms with Gasteiger partial charge in [0.25, 0.3) is 0 Å². The van der Waals surface area contributed by atoms with Crippen LogP contribution in [0.1, 0.15) is 39.5 Å². The Hall–Kier alpha value is -0.990. The fourth-order valence-corrected chi connectivity index (χ4v) is 1.54. The van der Waals surface area contributed by atoms with Gasteiger partial charge in [-0.3, -0.25) is 4.68 Å². The Kier molecular flexibility index (Phi) is 4.50. The molecule has 0 spiro atoms. The lowest BCUT2D eigenvalue weighted by Crippen LogP contribution is -2.17. The Morgan fingerprint density at radius 1 is 1.50 bits per heavy atom. The van der Waals surface area contributed by atoms with Crippen LogP contribution in [0.2, 0.25) is 0 Å². The zero-order chi connectivity index (χ0) is 10.4. The monoisotopic (exact) mass is 195 g/mol. The van der Waals surface area contributed by atoms with Crippen LogP contribution >= 0.6 is 0 Å². The molecule has 0 saturated carbocycles. The van der Waals surface area contributed by atoms with E-state index in [0.717, 1.165) is 5.82 Å². The molecule has 0 aliphatic heterocycles. The predicted octanol–water partition coefficient (Wildman–Crippen LogP) is 2.80. The van der Waals surface area contributed by atoms with Gasteiger partial charge in [-0.25, -0.2) is 0 Å². The number of hydrogen-bond acceptors (Lipinski definition) is 2. The second-order valence-electron chi connectivity index (χ2n) is 3.88. The first-order valence-corrected chi connectivity index (χ1v) is 5.48. The summed E-state index contributed by atoms with van der Waals surface area (Å²) in [6.07, 6.45) is 6.98. The molecule has 0 aromatic carbocycles. The summed E-state index contributed by atoms with van der Waals surface area (Å²) in [5.41, 5.74) is 0. The van der Waals surface area contributed by atoms with Crippen LogP contribution in [0.4, 0.5) is 5.82 Å². The molecule has 0 amide bonds. The van der Waals surface area contributed by atoms with Crippen LogP contribution in [-0.2, 0) is 7.05 Å². The van der Waals surface area contributed by atoms with Crippen LogP contribution in [-0.4, -0.2) is 15.8 Å². The van der Waals surface area contributed by atoms with Crippen molar-refractivity contribution in [2.45, 2.75) is 45.6 Å². The van der Waals surface area contributed by atoms with Crippen LogP contribution in [0.5, 0.6) is 0 Å². The van der Waals surface area contributed by atoms with Gasteiger partial charge < -0.3 is 5.32 Å². The van der Waals surface area contributed by atoms with Gasteiger partial charge in [-0.2, -0.15) is 5.10 Å². The van der Waals surface area contributed by atoms with Crippen molar-refractivity contribution in [2.75, 3.05) is 5.32 Å². The molecule has 0 bridgehead atoms. The minimum Gasteiger partial charge on any atom is -0.368 e. The first-order valence-electron chi connectivity index (χ1n) is 5.48. The summed E-state index contributed by atoms with van der Waals surface area (Å²) >= 11 is 0. The van der Waals surface area contributed by atoms with E-state index >= 15 is 0 Å². The average Bonchev–Trinajstić information content (AvgIpc) is 2.52. The summed E-state index contributed by atoms with van der Waals surface area (Å²) in [5.74, 6) is 1.11. The molecule has 0 aliphatic carbocycles. The van der Waals surface area contributed by atoms with E-state index < -0.39 is 0 Å². The largest absolute Gasteiger partial charge is 0.368 e. The van der Waals surface area contributed by atoms with E-state index in [9.17, 15) is 0 Å². The van der Waals surface area contributed by atoms with E-state index in [1.807, 2.05) is 24.0 Å². The van der Waals surface area contributed by atoms with Crippen molar-refractivity contribution in [1.82, 2.24) is 9.78 Å². The van der Waals surface area contributed by atoms with Gasteiger partial charge in [0.15, 0.2) is 0 Å². The number of aromatic nitrogens is 2. The molecule has 1 N–H and O–H groups in total. The maximum atomic E-state index is 4.12. The Morgan fingerprint density at radius 3 is 2.86 bits per heavy atom. The highest BCUT2D eigenvalue weighted by atomic mass is 15.3. The minimum atomic E-state index is 0.539. The minimum absolute atomic E-state index is 0.539. The highest BCUT2D eigenvalue weighted by Crippen LogP contribution is 2.10. The molecule has 3 heteroatoms. The summed E-state index contributed by atoms with van der Waals surface area (Å²) in [4.78, 5) is 0. The molecule has 3 nitrogen and oxygen atoms in total. The van der Waals surface area contributed by atoms with Crippen LogP contribution in [0.25, 0.3) is 0 Å². The average molecular weight is 195 g/mol. The second kappa shape index (κ2) is 5.68. The van der Waals surface area contributed by atoms with Crippen molar-refractivity contribution in [3.63, 3.8) is 0 Å².